The monoisotopic (exact) mass is 290 g/mol. The van der Waals surface area contributed by atoms with Crippen LogP contribution in [-0.2, 0) is 0 Å². The lowest BCUT2D eigenvalue weighted by atomic mass is 9.95. The lowest BCUT2D eigenvalue weighted by Crippen LogP contribution is -2.48. The van der Waals surface area contributed by atoms with Crippen molar-refractivity contribution in [3.05, 3.63) is 35.4 Å². The average molecular weight is 291 g/mol. The second-order valence-electron chi connectivity index (χ2n) is 4.67. The number of hydrogen-bond acceptors (Lipinski definition) is 2. The summed E-state index contributed by atoms with van der Waals surface area (Å²) in [6.45, 7) is 3.69. The fourth-order valence-electron chi connectivity index (χ4n) is 2.15. The predicted octanol–water partition coefficient (Wildman–Crippen LogP) is 2.11. The van der Waals surface area contributed by atoms with Crippen LogP contribution in [0.15, 0.2) is 18.2 Å². The highest BCUT2D eigenvalue weighted by atomic mass is 35.5. The van der Waals surface area contributed by atoms with Gasteiger partial charge in [0.2, 0.25) is 0 Å². The molecule has 2 rings (SSSR count). The van der Waals surface area contributed by atoms with Crippen LogP contribution >= 0.6 is 12.4 Å². The van der Waals surface area contributed by atoms with Gasteiger partial charge in [-0.2, -0.15) is 0 Å². The molecule has 19 heavy (non-hydrogen) atoms. The first-order chi connectivity index (χ1) is 8.58. The minimum atomic E-state index is -0.825. The van der Waals surface area contributed by atoms with E-state index < -0.39 is 17.5 Å². The Balaban J connectivity index is 0.00000180. The van der Waals surface area contributed by atoms with Gasteiger partial charge in [0.05, 0.1) is 5.56 Å². The van der Waals surface area contributed by atoms with Crippen LogP contribution in [0.3, 0.4) is 0 Å². The number of halogens is 3. The summed E-state index contributed by atoms with van der Waals surface area (Å²) in [5.41, 5.74) is -0.109. The molecule has 1 saturated heterocycles. The molecule has 2 N–H and O–H groups in total. The SMILES string of the molecule is CC1CNCCC1NC(=O)c1ccc(F)cc1F.Cl. The lowest BCUT2D eigenvalue weighted by Gasteiger charge is -2.30. The molecule has 1 aromatic rings. The van der Waals surface area contributed by atoms with Gasteiger partial charge in [0.15, 0.2) is 0 Å². The minimum absolute atomic E-state index is 0. The Kier molecular flexibility index (Phi) is 5.69. The summed E-state index contributed by atoms with van der Waals surface area (Å²) in [5.74, 6) is -1.69. The molecule has 3 nitrogen and oxygen atoms in total. The molecule has 0 aromatic heterocycles. The summed E-state index contributed by atoms with van der Waals surface area (Å²) >= 11 is 0. The molecule has 2 unspecified atom stereocenters. The Bertz CT molecular complexity index is 456. The van der Waals surface area contributed by atoms with E-state index in [4.69, 9.17) is 0 Å². The normalized spacial score (nSPS) is 22.5. The highest BCUT2D eigenvalue weighted by molar-refractivity contribution is 5.94. The maximum atomic E-state index is 13.4. The van der Waals surface area contributed by atoms with E-state index in [1.165, 1.54) is 6.07 Å². The number of piperidine rings is 1. The van der Waals surface area contributed by atoms with Crippen molar-refractivity contribution >= 4 is 18.3 Å². The topological polar surface area (TPSA) is 41.1 Å². The second kappa shape index (κ2) is 6.82. The molecule has 0 spiro atoms. The van der Waals surface area contributed by atoms with Gasteiger partial charge in [0.25, 0.3) is 5.91 Å². The van der Waals surface area contributed by atoms with E-state index in [0.717, 1.165) is 31.6 Å². The van der Waals surface area contributed by atoms with Crippen LogP contribution in [0.25, 0.3) is 0 Å². The van der Waals surface area contributed by atoms with Gasteiger partial charge < -0.3 is 10.6 Å². The summed E-state index contributed by atoms with van der Waals surface area (Å²) in [4.78, 5) is 11.9. The van der Waals surface area contributed by atoms with Gasteiger partial charge in [-0.25, -0.2) is 8.78 Å². The molecule has 0 saturated carbocycles. The quantitative estimate of drug-likeness (QED) is 0.876. The van der Waals surface area contributed by atoms with E-state index in [0.29, 0.717) is 5.92 Å². The molecule has 106 valence electrons. The summed E-state index contributed by atoms with van der Waals surface area (Å²) in [6.07, 6.45) is 0.815. The van der Waals surface area contributed by atoms with Crippen LogP contribution in [0.1, 0.15) is 23.7 Å². The Hall–Kier alpha value is -1.20. The largest absolute Gasteiger partial charge is 0.349 e. The van der Waals surface area contributed by atoms with Gasteiger partial charge in [-0.05, 0) is 37.6 Å². The maximum Gasteiger partial charge on any atom is 0.254 e. The molecule has 0 aliphatic carbocycles. The molecular formula is C13H17ClF2N2O. The molecular weight excluding hydrogens is 274 g/mol. The number of rotatable bonds is 2. The lowest BCUT2D eigenvalue weighted by molar-refractivity contribution is 0.0910. The highest BCUT2D eigenvalue weighted by Gasteiger charge is 2.24. The zero-order chi connectivity index (χ0) is 13.1. The van der Waals surface area contributed by atoms with Crippen LogP contribution in [0.2, 0.25) is 0 Å². The van der Waals surface area contributed by atoms with Gasteiger partial charge >= 0.3 is 0 Å². The molecule has 1 fully saturated rings. The summed E-state index contributed by atoms with van der Waals surface area (Å²) in [7, 11) is 0. The Morgan fingerprint density at radius 2 is 2.16 bits per heavy atom. The molecule has 2 atom stereocenters. The number of amides is 1. The molecule has 6 heteroatoms. The molecule has 1 aliphatic heterocycles. The van der Waals surface area contributed by atoms with Gasteiger partial charge in [0, 0.05) is 12.1 Å². The molecule has 1 amide bonds. The summed E-state index contributed by atoms with van der Waals surface area (Å²) in [6, 6.07) is 3.01. The standard InChI is InChI=1S/C13H16F2N2O.ClH/c1-8-7-16-5-4-12(8)17-13(18)10-3-2-9(14)6-11(10)15;/h2-3,6,8,12,16H,4-5,7H2,1H3,(H,17,18);1H. The van der Waals surface area contributed by atoms with Crippen molar-refractivity contribution in [3.63, 3.8) is 0 Å². The van der Waals surface area contributed by atoms with E-state index >= 15 is 0 Å². The summed E-state index contributed by atoms with van der Waals surface area (Å²) < 4.78 is 26.2. The van der Waals surface area contributed by atoms with Crippen LogP contribution in [-0.4, -0.2) is 25.0 Å². The Labute approximate surface area is 117 Å². The number of carbonyl (C=O) groups is 1. The van der Waals surface area contributed by atoms with Crippen LogP contribution < -0.4 is 10.6 Å². The fourth-order valence-corrected chi connectivity index (χ4v) is 2.15. The van der Waals surface area contributed by atoms with Gasteiger partial charge in [-0.3, -0.25) is 4.79 Å². The van der Waals surface area contributed by atoms with E-state index in [1.807, 2.05) is 6.92 Å². The van der Waals surface area contributed by atoms with E-state index in [9.17, 15) is 13.6 Å². The first kappa shape index (κ1) is 15.9. The van der Waals surface area contributed by atoms with Crippen molar-refractivity contribution < 1.29 is 13.6 Å². The number of hydrogen-bond donors (Lipinski definition) is 2. The maximum absolute atomic E-state index is 13.4. The van der Waals surface area contributed by atoms with Gasteiger partial charge in [0.1, 0.15) is 11.6 Å². The molecule has 1 heterocycles. The number of benzene rings is 1. The smallest absolute Gasteiger partial charge is 0.254 e. The molecule has 1 aliphatic rings. The van der Waals surface area contributed by atoms with Crippen molar-refractivity contribution in [2.45, 2.75) is 19.4 Å². The predicted molar refractivity (Wildman–Crippen MR) is 71.5 cm³/mol. The number of nitrogens with one attached hydrogen (secondary N) is 2. The van der Waals surface area contributed by atoms with E-state index in [1.54, 1.807) is 0 Å². The number of carbonyl (C=O) groups excluding carboxylic acids is 1. The second-order valence-corrected chi connectivity index (χ2v) is 4.67. The highest BCUT2D eigenvalue weighted by Crippen LogP contribution is 2.13. The summed E-state index contributed by atoms with van der Waals surface area (Å²) in [5, 5.41) is 6.03. The van der Waals surface area contributed by atoms with Crippen LogP contribution in [0.5, 0.6) is 0 Å². The molecule has 1 aromatic carbocycles. The van der Waals surface area contributed by atoms with Crippen molar-refractivity contribution in [2.75, 3.05) is 13.1 Å². The minimum Gasteiger partial charge on any atom is -0.349 e. The van der Waals surface area contributed by atoms with E-state index in [2.05, 4.69) is 10.6 Å². The third-order valence-corrected chi connectivity index (χ3v) is 3.28. The van der Waals surface area contributed by atoms with Crippen molar-refractivity contribution in [2.24, 2.45) is 5.92 Å². The first-order valence-electron chi connectivity index (χ1n) is 6.04. The van der Waals surface area contributed by atoms with Crippen LogP contribution in [0.4, 0.5) is 8.78 Å². The molecule has 0 bridgehead atoms. The van der Waals surface area contributed by atoms with Gasteiger partial charge in [-0.1, -0.05) is 6.92 Å². The average Bonchev–Trinajstić information content (AvgIpc) is 2.32. The van der Waals surface area contributed by atoms with Crippen molar-refractivity contribution in [3.8, 4) is 0 Å². The van der Waals surface area contributed by atoms with E-state index in [-0.39, 0.29) is 24.0 Å². The Morgan fingerprint density at radius 3 is 2.79 bits per heavy atom. The first-order valence-corrected chi connectivity index (χ1v) is 6.04. The van der Waals surface area contributed by atoms with Gasteiger partial charge in [-0.15, -0.1) is 12.4 Å². The zero-order valence-electron chi connectivity index (χ0n) is 10.6. The zero-order valence-corrected chi connectivity index (χ0v) is 11.4. The van der Waals surface area contributed by atoms with Crippen LogP contribution in [0, 0.1) is 17.6 Å². The van der Waals surface area contributed by atoms with Crippen molar-refractivity contribution in [1.82, 2.24) is 10.6 Å². The fraction of sp³-hybridized carbons (Fsp3) is 0.462. The third kappa shape index (κ3) is 3.88. The Morgan fingerprint density at radius 1 is 1.42 bits per heavy atom. The van der Waals surface area contributed by atoms with Crippen molar-refractivity contribution in [1.29, 1.82) is 0 Å². The third-order valence-electron chi connectivity index (χ3n) is 3.28. The molecule has 0 radical (unpaired) electrons.